The Labute approximate surface area is 149 Å². The van der Waals surface area contributed by atoms with Crippen molar-refractivity contribution >= 4 is 11.6 Å². The maximum absolute atomic E-state index is 12.7. The molecule has 2 rings (SSSR count). The summed E-state index contributed by atoms with van der Waals surface area (Å²) in [7, 11) is 3.13. The molecule has 0 spiro atoms. The Kier molecular flexibility index (Phi) is 6.28. The van der Waals surface area contributed by atoms with Crippen LogP contribution in [0.2, 0.25) is 0 Å². The van der Waals surface area contributed by atoms with Crippen molar-refractivity contribution in [1.29, 1.82) is 0 Å². The van der Waals surface area contributed by atoms with E-state index in [1.165, 1.54) is 0 Å². The molecule has 5 heteroatoms. The molecule has 2 aromatic rings. The molecule has 0 fully saturated rings. The largest absolute Gasteiger partial charge is 0.493 e. The minimum Gasteiger partial charge on any atom is -0.493 e. The van der Waals surface area contributed by atoms with Crippen molar-refractivity contribution in [3.05, 3.63) is 48.0 Å². The minimum atomic E-state index is -0.133. The number of benzene rings is 2. The van der Waals surface area contributed by atoms with Gasteiger partial charge >= 0.3 is 0 Å². The van der Waals surface area contributed by atoms with Crippen LogP contribution in [0, 0.1) is 6.92 Å². The second-order valence-corrected chi connectivity index (χ2v) is 5.98. The molecule has 0 unspecified atom stereocenters. The van der Waals surface area contributed by atoms with Gasteiger partial charge in [0.05, 0.1) is 14.2 Å². The number of hydrogen-bond donors (Lipinski definition) is 0. The first-order valence-corrected chi connectivity index (χ1v) is 8.20. The number of carbonyl (C=O) groups excluding carboxylic acids is 1. The first-order chi connectivity index (χ1) is 12.0. The highest BCUT2D eigenvalue weighted by atomic mass is 16.5. The third kappa shape index (κ3) is 4.44. The molecule has 1 amide bonds. The van der Waals surface area contributed by atoms with Gasteiger partial charge in [0.1, 0.15) is 0 Å². The van der Waals surface area contributed by atoms with Gasteiger partial charge in [-0.1, -0.05) is 18.2 Å². The highest BCUT2D eigenvalue weighted by Crippen LogP contribution is 2.38. The Hall–Kier alpha value is -2.69. The number of anilines is 1. The molecule has 0 radical (unpaired) electrons. The van der Waals surface area contributed by atoms with Crippen LogP contribution in [0.1, 0.15) is 19.4 Å². The fourth-order valence-corrected chi connectivity index (χ4v) is 2.68. The fraction of sp³-hybridized carbons (Fsp3) is 0.350. The van der Waals surface area contributed by atoms with Crippen molar-refractivity contribution in [1.82, 2.24) is 0 Å². The van der Waals surface area contributed by atoms with Crippen LogP contribution in [0.15, 0.2) is 42.5 Å². The molecule has 25 heavy (non-hydrogen) atoms. The zero-order valence-electron chi connectivity index (χ0n) is 15.4. The summed E-state index contributed by atoms with van der Waals surface area (Å²) in [6, 6.07) is 13.3. The summed E-state index contributed by atoms with van der Waals surface area (Å²) in [4.78, 5) is 14.5. The standard InChI is InChI=1S/C20H25NO4/c1-14(2)21(16-9-7-6-8-10-16)19(22)13-25-20-17(23-4)11-15(3)12-18(20)24-5/h6-12,14H,13H2,1-5H3. The zero-order valence-corrected chi connectivity index (χ0v) is 15.4. The Morgan fingerprint density at radius 1 is 1.04 bits per heavy atom. The van der Waals surface area contributed by atoms with E-state index in [0.717, 1.165) is 11.3 Å². The van der Waals surface area contributed by atoms with Crippen molar-refractivity contribution in [2.75, 3.05) is 25.7 Å². The highest BCUT2D eigenvalue weighted by molar-refractivity contribution is 5.95. The number of methoxy groups -OCH3 is 2. The Morgan fingerprint density at radius 2 is 1.60 bits per heavy atom. The van der Waals surface area contributed by atoms with Crippen LogP contribution < -0.4 is 19.1 Å². The third-order valence-electron chi connectivity index (χ3n) is 3.76. The summed E-state index contributed by atoms with van der Waals surface area (Å²) < 4.78 is 16.5. The minimum absolute atomic E-state index is 0.0142. The number of hydrogen-bond acceptors (Lipinski definition) is 4. The molecule has 0 aliphatic heterocycles. The van der Waals surface area contributed by atoms with E-state index in [2.05, 4.69) is 0 Å². The van der Waals surface area contributed by atoms with Gasteiger partial charge in [-0.15, -0.1) is 0 Å². The van der Waals surface area contributed by atoms with E-state index in [1.54, 1.807) is 19.1 Å². The van der Waals surface area contributed by atoms with Gasteiger partial charge in [0.2, 0.25) is 5.75 Å². The molecule has 0 heterocycles. The third-order valence-corrected chi connectivity index (χ3v) is 3.76. The van der Waals surface area contributed by atoms with Crippen LogP contribution >= 0.6 is 0 Å². The molecule has 0 aliphatic carbocycles. The smallest absolute Gasteiger partial charge is 0.265 e. The number of rotatable bonds is 7. The van der Waals surface area contributed by atoms with E-state index in [9.17, 15) is 4.79 Å². The van der Waals surface area contributed by atoms with Crippen LogP contribution in [0.4, 0.5) is 5.69 Å². The molecule has 0 atom stereocenters. The van der Waals surface area contributed by atoms with Crippen LogP contribution in [-0.2, 0) is 4.79 Å². The molecule has 5 nitrogen and oxygen atoms in total. The molecule has 0 aromatic heterocycles. The van der Waals surface area contributed by atoms with E-state index in [4.69, 9.17) is 14.2 Å². The molecular formula is C20H25NO4. The number of ether oxygens (including phenoxy) is 3. The molecule has 134 valence electrons. The molecule has 0 N–H and O–H groups in total. The van der Waals surface area contributed by atoms with Gasteiger partial charge in [-0.3, -0.25) is 4.79 Å². The molecule has 0 aliphatic rings. The van der Waals surface area contributed by atoms with E-state index in [-0.39, 0.29) is 18.6 Å². The topological polar surface area (TPSA) is 48.0 Å². The number of aryl methyl sites for hydroxylation is 1. The lowest BCUT2D eigenvalue weighted by atomic mass is 10.2. The summed E-state index contributed by atoms with van der Waals surface area (Å²) >= 11 is 0. The SMILES string of the molecule is COc1cc(C)cc(OC)c1OCC(=O)N(c1ccccc1)C(C)C. The molecule has 2 aromatic carbocycles. The maximum Gasteiger partial charge on any atom is 0.265 e. The van der Waals surface area contributed by atoms with Gasteiger partial charge in [0.25, 0.3) is 5.91 Å². The summed E-state index contributed by atoms with van der Waals surface area (Å²) in [6.45, 7) is 5.77. The second-order valence-electron chi connectivity index (χ2n) is 5.98. The van der Waals surface area contributed by atoms with Crippen LogP contribution in [-0.4, -0.2) is 32.8 Å². The zero-order chi connectivity index (χ0) is 18.4. The lowest BCUT2D eigenvalue weighted by Crippen LogP contribution is -2.40. The number of nitrogens with zero attached hydrogens (tertiary/aromatic N) is 1. The van der Waals surface area contributed by atoms with Crippen molar-refractivity contribution < 1.29 is 19.0 Å². The Morgan fingerprint density at radius 3 is 2.08 bits per heavy atom. The molecule has 0 saturated heterocycles. The van der Waals surface area contributed by atoms with Crippen LogP contribution in [0.5, 0.6) is 17.2 Å². The van der Waals surface area contributed by atoms with Gasteiger partial charge in [-0.2, -0.15) is 0 Å². The van der Waals surface area contributed by atoms with Gasteiger partial charge in [0.15, 0.2) is 18.1 Å². The van der Waals surface area contributed by atoms with E-state index < -0.39 is 0 Å². The maximum atomic E-state index is 12.7. The summed E-state index contributed by atoms with van der Waals surface area (Å²) in [6.07, 6.45) is 0. The fourth-order valence-electron chi connectivity index (χ4n) is 2.68. The monoisotopic (exact) mass is 343 g/mol. The summed E-state index contributed by atoms with van der Waals surface area (Å²) in [5, 5.41) is 0. The van der Waals surface area contributed by atoms with Gasteiger partial charge in [-0.05, 0) is 50.6 Å². The van der Waals surface area contributed by atoms with Gasteiger partial charge < -0.3 is 19.1 Å². The van der Waals surface area contributed by atoms with E-state index in [1.807, 2.05) is 63.2 Å². The number of amides is 1. The molecule has 0 saturated carbocycles. The van der Waals surface area contributed by atoms with E-state index in [0.29, 0.717) is 17.2 Å². The van der Waals surface area contributed by atoms with Gasteiger partial charge in [0, 0.05) is 11.7 Å². The predicted octanol–water partition coefficient (Wildman–Crippen LogP) is 3.83. The Balaban J connectivity index is 2.21. The van der Waals surface area contributed by atoms with E-state index >= 15 is 0 Å². The van der Waals surface area contributed by atoms with Gasteiger partial charge in [-0.25, -0.2) is 0 Å². The summed E-state index contributed by atoms with van der Waals surface area (Å²) in [5.41, 5.74) is 1.83. The average molecular weight is 343 g/mol. The van der Waals surface area contributed by atoms with Crippen LogP contribution in [0.25, 0.3) is 0 Å². The number of para-hydroxylation sites is 1. The van der Waals surface area contributed by atoms with Crippen molar-refractivity contribution in [3.8, 4) is 17.2 Å². The quantitative estimate of drug-likeness (QED) is 0.766. The first kappa shape index (κ1) is 18.6. The second kappa shape index (κ2) is 8.42. The van der Waals surface area contributed by atoms with Crippen molar-refractivity contribution in [3.63, 3.8) is 0 Å². The Bertz CT molecular complexity index is 688. The lowest BCUT2D eigenvalue weighted by molar-refractivity contribution is -0.120. The van der Waals surface area contributed by atoms with Crippen molar-refractivity contribution in [2.24, 2.45) is 0 Å². The van der Waals surface area contributed by atoms with Crippen molar-refractivity contribution in [2.45, 2.75) is 26.8 Å². The summed E-state index contributed by atoms with van der Waals surface area (Å²) in [5.74, 6) is 1.38. The lowest BCUT2D eigenvalue weighted by Gasteiger charge is -2.27. The predicted molar refractivity (Wildman–Crippen MR) is 98.8 cm³/mol. The average Bonchev–Trinajstić information content (AvgIpc) is 2.60. The molecular weight excluding hydrogens is 318 g/mol. The number of carbonyl (C=O) groups is 1. The molecule has 0 bridgehead atoms. The van der Waals surface area contributed by atoms with Crippen LogP contribution in [0.3, 0.4) is 0 Å². The first-order valence-electron chi connectivity index (χ1n) is 8.20. The normalized spacial score (nSPS) is 10.5. The highest BCUT2D eigenvalue weighted by Gasteiger charge is 2.21.